The normalized spacial score (nSPS) is 51.8. The molecular weight excluding hydrogens is 700 g/mol. The number of fused-ring (bicyclic) bond motifs is 8. The van der Waals surface area contributed by atoms with Crippen molar-refractivity contribution in [1.29, 1.82) is 0 Å². The SMILES string of the molecule is C[C@]1(CO)C[C@@H]2CCC[C@H]3C[C@]2(C(=O)O)[C@@H](C1)C1=CC[C@@H]2[C@@]4(C)C[C@@H](OCc5ccccc5)[C@@H](O[C@@H]5OC[C@@H](O)[C@H](O)[C@H]5O)[C@@](C)(CO)[C@H]4CC[C@@]2(C)[C@@]13C. The van der Waals surface area contributed by atoms with Crippen molar-refractivity contribution in [3.8, 4) is 0 Å². The summed E-state index contributed by atoms with van der Waals surface area (Å²) in [5.41, 5.74) is -0.294. The second kappa shape index (κ2) is 13.9. The highest BCUT2D eigenvalue weighted by molar-refractivity contribution is 5.77. The fraction of sp³-hybridized carbons (Fsp3) is 0.800. The molecule has 0 aromatic heterocycles. The highest BCUT2D eigenvalue weighted by atomic mass is 16.7. The standard InChI is InChI=1S/C45H66O10/c1-40(24-46)18-28-13-9-12-27-19-45(28,39(51)52)30(20-40)29-14-15-34-41(2)21-32(53-22-26-10-7-6-8-11-26)37(55-38-36(50)35(49)31(48)23-54-38)42(3,25-47)33(41)16-17-43(34,4)44(27,29)5/h6-8,10-11,14,27-28,30-38,46-50H,9,12-13,15-25H2,1-5H3,(H,51,52)/t27-,28-,30-,31+,32+,33-,34+,35-,36+,37+,38-,40-,41-,42-,43+,44+,45+/m0/s1. The van der Waals surface area contributed by atoms with Crippen molar-refractivity contribution in [2.45, 2.75) is 142 Å². The first-order chi connectivity index (χ1) is 26.0. The quantitative estimate of drug-likeness (QED) is 0.148. The van der Waals surface area contributed by atoms with Crippen molar-refractivity contribution in [1.82, 2.24) is 0 Å². The van der Waals surface area contributed by atoms with Gasteiger partial charge < -0.3 is 44.8 Å². The van der Waals surface area contributed by atoms with Crippen molar-refractivity contribution < 1.29 is 49.6 Å². The van der Waals surface area contributed by atoms with Gasteiger partial charge in [0.1, 0.15) is 18.3 Å². The summed E-state index contributed by atoms with van der Waals surface area (Å²) in [6, 6.07) is 9.98. The predicted octanol–water partition coefficient (Wildman–Crippen LogP) is 5.47. The summed E-state index contributed by atoms with van der Waals surface area (Å²) in [5.74, 6) is -0.262. The van der Waals surface area contributed by atoms with Gasteiger partial charge in [-0.2, -0.15) is 0 Å². The number of benzene rings is 1. The number of aliphatic carboxylic acids is 1. The fourth-order valence-electron chi connectivity index (χ4n) is 15.0. The predicted molar refractivity (Wildman–Crippen MR) is 204 cm³/mol. The van der Waals surface area contributed by atoms with E-state index in [9.17, 15) is 35.4 Å². The van der Waals surface area contributed by atoms with Crippen LogP contribution in [0.5, 0.6) is 0 Å². The summed E-state index contributed by atoms with van der Waals surface area (Å²) in [5, 5.41) is 65.3. The zero-order valence-corrected chi connectivity index (χ0v) is 33.5. The van der Waals surface area contributed by atoms with Crippen molar-refractivity contribution in [3.63, 3.8) is 0 Å². The lowest BCUT2D eigenvalue weighted by Crippen LogP contribution is -2.70. The number of ether oxygens (including phenoxy) is 3. The van der Waals surface area contributed by atoms with Gasteiger partial charge in [0.05, 0.1) is 37.4 Å². The molecular formula is C45H66O10. The van der Waals surface area contributed by atoms with Gasteiger partial charge >= 0.3 is 5.97 Å². The molecule has 0 amide bonds. The maximum absolute atomic E-state index is 13.7. The minimum Gasteiger partial charge on any atom is -0.481 e. The number of aliphatic hydroxyl groups excluding tert-OH is 5. The maximum atomic E-state index is 13.7. The average Bonchev–Trinajstić information content (AvgIpc) is 3.35. The molecule has 6 fully saturated rings. The van der Waals surface area contributed by atoms with Crippen LogP contribution in [0, 0.1) is 62.1 Å². The van der Waals surface area contributed by atoms with Crippen LogP contribution in [0.2, 0.25) is 0 Å². The zero-order chi connectivity index (χ0) is 39.3. The van der Waals surface area contributed by atoms with E-state index < -0.39 is 53.6 Å². The lowest BCUT2D eigenvalue weighted by molar-refractivity contribution is -0.333. The number of hydrogen-bond acceptors (Lipinski definition) is 9. The third-order valence-electron chi connectivity index (χ3n) is 17.9. The Labute approximate surface area is 326 Å². The van der Waals surface area contributed by atoms with Gasteiger partial charge in [0, 0.05) is 12.0 Å². The van der Waals surface area contributed by atoms with Gasteiger partial charge in [-0.3, -0.25) is 4.79 Å². The Morgan fingerprint density at radius 2 is 1.60 bits per heavy atom. The Bertz CT molecular complexity index is 1640. The number of allylic oxidation sites excluding steroid dienone is 2. The molecule has 1 heterocycles. The van der Waals surface area contributed by atoms with E-state index in [0.29, 0.717) is 25.9 Å². The Morgan fingerprint density at radius 1 is 0.873 bits per heavy atom. The highest BCUT2D eigenvalue weighted by Crippen LogP contribution is 2.78. The molecule has 1 aromatic rings. The smallest absolute Gasteiger partial charge is 0.310 e. The molecule has 17 atom stereocenters. The molecule has 0 unspecified atom stereocenters. The molecule has 6 aliphatic carbocycles. The van der Waals surface area contributed by atoms with Gasteiger partial charge in [-0.05, 0) is 115 Å². The van der Waals surface area contributed by atoms with Crippen LogP contribution in [-0.2, 0) is 25.6 Å². The summed E-state index contributed by atoms with van der Waals surface area (Å²) in [6.45, 7) is 11.7. The Morgan fingerprint density at radius 3 is 2.29 bits per heavy atom. The molecule has 1 aromatic carbocycles. The summed E-state index contributed by atoms with van der Waals surface area (Å²) in [6.07, 6.45) is 4.20. The van der Waals surface area contributed by atoms with Gasteiger partial charge in [-0.25, -0.2) is 0 Å². The van der Waals surface area contributed by atoms with E-state index in [1.807, 2.05) is 30.3 Å². The number of carboxylic acid groups (broad SMARTS) is 1. The van der Waals surface area contributed by atoms with E-state index in [-0.39, 0.29) is 71.1 Å². The first kappa shape index (κ1) is 39.9. The van der Waals surface area contributed by atoms with Crippen LogP contribution in [0.15, 0.2) is 42.0 Å². The number of hydrogen-bond donors (Lipinski definition) is 6. The lowest BCUT2D eigenvalue weighted by Gasteiger charge is -2.73. The number of carboxylic acids is 1. The summed E-state index contributed by atoms with van der Waals surface area (Å²) >= 11 is 0. The molecule has 10 heteroatoms. The van der Waals surface area contributed by atoms with Gasteiger partial charge in [0.25, 0.3) is 0 Å². The molecule has 55 heavy (non-hydrogen) atoms. The largest absolute Gasteiger partial charge is 0.481 e. The van der Waals surface area contributed by atoms with Crippen molar-refractivity contribution in [2.75, 3.05) is 19.8 Å². The first-order valence-electron chi connectivity index (χ1n) is 21.1. The molecule has 6 N–H and O–H groups in total. The molecule has 2 bridgehead atoms. The number of carbonyl (C=O) groups is 1. The van der Waals surface area contributed by atoms with E-state index in [2.05, 4.69) is 40.7 Å². The van der Waals surface area contributed by atoms with Gasteiger partial charge in [0.2, 0.25) is 0 Å². The third kappa shape index (κ3) is 5.66. The summed E-state index contributed by atoms with van der Waals surface area (Å²) < 4.78 is 19.4. The number of rotatable bonds is 8. The molecule has 0 radical (unpaired) electrons. The van der Waals surface area contributed by atoms with Crippen molar-refractivity contribution in [2.24, 2.45) is 62.1 Å². The first-order valence-corrected chi connectivity index (χ1v) is 21.1. The van der Waals surface area contributed by atoms with Crippen LogP contribution in [0.3, 0.4) is 0 Å². The highest BCUT2D eigenvalue weighted by Gasteiger charge is 2.74. The van der Waals surface area contributed by atoms with Crippen molar-refractivity contribution in [3.05, 3.63) is 47.5 Å². The molecule has 5 saturated carbocycles. The van der Waals surface area contributed by atoms with E-state index in [1.165, 1.54) is 5.57 Å². The topological polar surface area (TPSA) is 166 Å². The van der Waals surface area contributed by atoms with E-state index in [1.54, 1.807) is 0 Å². The van der Waals surface area contributed by atoms with Crippen LogP contribution < -0.4 is 0 Å². The van der Waals surface area contributed by atoms with Crippen LogP contribution >= 0.6 is 0 Å². The fourth-order valence-corrected chi connectivity index (χ4v) is 15.0. The summed E-state index contributed by atoms with van der Waals surface area (Å²) in [7, 11) is 0. The van der Waals surface area contributed by atoms with Gasteiger partial charge in [-0.15, -0.1) is 0 Å². The molecule has 1 aliphatic heterocycles. The minimum atomic E-state index is -1.47. The minimum absolute atomic E-state index is 0.0204. The average molecular weight is 767 g/mol. The molecule has 7 aliphatic rings. The van der Waals surface area contributed by atoms with Crippen LogP contribution in [-0.4, -0.2) is 93.2 Å². The molecule has 10 nitrogen and oxygen atoms in total. The van der Waals surface area contributed by atoms with Crippen LogP contribution in [0.4, 0.5) is 0 Å². The van der Waals surface area contributed by atoms with E-state index in [4.69, 9.17) is 14.2 Å². The molecule has 306 valence electrons. The Balaban J connectivity index is 1.21. The zero-order valence-electron chi connectivity index (χ0n) is 33.5. The van der Waals surface area contributed by atoms with E-state index >= 15 is 0 Å². The lowest BCUT2D eigenvalue weighted by atomic mass is 9.31. The maximum Gasteiger partial charge on any atom is 0.310 e. The molecule has 1 saturated heterocycles. The van der Waals surface area contributed by atoms with Crippen LogP contribution in [0.1, 0.15) is 104 Å². The Hall–Kier alpha value is -1.89. The van der Waals surface area contributed by atoms with Crippen LogP contribution in [0.25, 0.3) is 0 Å². The Kier molecular flexibility index (Phi) is 10.1. The van der Waals surface area contributed by atoms with Gasteiger partial charge in [0.15, 0.2) is 6.29 Å². The van der Waals surface area contributed by atoms with Crippen molar-refractivity contribution >= 4 is 5.97 Å². The van der Waals surface area contributed by atoms with Gasteiger partial charge in [-0.1, -0.05) is 83.0 Å². The molecule has 8 rings (SSSR count). The van der Waals surface area contributed by atoms with E-state index in [0.717, 1.165) is 50.5 Å². The monoisotopic (exact) mass is 766 g/mol. The third-order valence-corrected chi connectivity index (χ3v) is 17.9. The molecule has 0 spiro atoms. The number of aliphatic hydroxyl groups is 5. The summed E-state index contributed by atoms with van der Waals surface area (Å²) in [4.78, 5) is 13.7. The second-order valence-electron chi connectivity index (χ2n) is 20.5. The second-order valence-corrected chi connectivity index (χ2v) is 20.5.